The summed E-state index contributed by atoms with van der Waals surface area (Å²) in [5, 5.41) is 18.4. The van der Waals surface area contributed by atoms with E-state index < -0.39 is 0 Å². The Bertz CT molecular complexity index is 3250. The van der Waals surface area contributed by atoms with Crippen LogP contribution in [-0.2, 0) is 5.41 Å². The van der Waals surface area contributed by atoms with E-state index in [2.05, 4.69) is 184 Å². The van der Waals surface area contributed by atoms with Crippen LogP contribution in [-0.4, -0.2) is 0 Å². The van der Waals surface area contributed by atoms with Gasteiger partial charge in [-0.25, -0.2) is 0 Å². The first-order chi connectivity index (χ1) is 26.1. The number of benzene rings is 11. The van der Waals surface area contributed by atoms with Gasteiger partial charge in [0, 0.05) is 5.41 Å². The molecule has 246 valence electrons. The molecule has 1 aliphatic carbocycles. The second-order valence-electron chi connectivity index (χ2n) is 15.5. The van der Waals surface area contributed by atoms with Crippen LogP contribution in [0.3, 0.4) is 0 Å². The molecule has 11 aromatic rings. The summed E-state index contributed by atoms with van der Waals surface area (Å²) in [6, 6.07) is 64.1. The molecule has 53 heavy (non-hydrogen) atoms. The number of hydrogen-bond acceptors (Lipinski definition) is 0. The lowest BCUT2D eigenvalue weighted by molar-refractivity contribution is 0.661. The highest BCUT2D eigenvalue weighted by atomic mass is 14.4. The van der Waals surface area contributed by atoms with Crippen LogP contribution >= 0.6 is 0 Å². The van der Waals surface area contributed by atoms with E-state index in [4.69, 9.17) is 0 Å². The minimum absolute atomic E-state index is 0.109. The minimum Gasteiger partial charge on any atom is -0.0619 e. The summed E-state index contributed by atoms with van der Waals surface area (Å²) in [7, 11) is 0. The zero-order valence-electron chi connectivity index (χ0n) is 29.7. The van der Waals surface area contributed by atoms with Crippen LogP contribution in [0.25, 0.3) is 109 Å². The Morgan fingerprint density at radius 3 is 1.38 bits per heavy atom. The molecule has 11 aromatic carbocycles. The van der Waals surface area contributed by atoms with Crippen LogP contribution < -0.4 is 0 Å². The van der Waals surface area contributed by atoms with Gasteiger partial charge in [-0.1, -0.05) is 178 Å². The van der Waals surface area contributed by atoms with E-state index in [1.807, 2.05) is 0 Å². The monoisotopic (exact) mass is 670 g/mol. The first-order valence-electron chi connectivity index (χ1n) is 18.8. The van der Waals surface area contributed by atoms with Gasteiger partial charge in [0.15, 0.2) is 0 Å². The summed E-state index contributed by atoms with van der Waals surface area (Å²) in [5.41, 5.74) is 10.7. The Kier molecular flexibility index (Phi) is 5.66. The molecule has 0 amide bonds. The van der Waals surface area contributed by atoms with Crippen molar-refractivity contribution in [2.45, 2.75) is 19.3 Å². The number of rotatable bonds is 2. The highest BCUT2D eigenvalue weighted by molar-refractivity contribution is 6.35. The van der Waals surface area contributed by atoms with Crippen molar-refractivity contribution in [3.63, 3.8) is 0 Å². The maximum Gasteiger partial charge on any atom is 0.0159 e. The van der Waals surface area contributed by atoms with E-state index in [1.165, 1.54) is 120 Å². The molecule has 0 saturated carbocycles. The molecule has 0 nitrogen and oxygen atoms in total. The van der Waals surface area contributed by atoms with Crippen molar-refractivity contribution < 1.29 is 0 Å². The quantitative estimate of drug-likeness (QED) is 0.127. The maximum absolute atomic E-state index is 2.53. The summed E-state index contributed by atoms with van der Waals surface area (Å²) in [6.45, 7) is 4.79. The van der Waals surface area contributed by atoms with Crippen LogP contribution in [0.15, 0.2) is 170 Å². The maximum atomic E-state index is 2.53. The number of fused-ring (bicyclic) bond motifs is 9. The molecule has 0 radical (unpaired) electrons. The molecule has 0 aromatic heterocycles. The summed E-state index contributed by atoms with van der Waals surface area (Å²) >= 11 is 0. The molecule has 1 aliphatic rings. The molecule has 0 bridgehead atoms. The van der Waals surface area contributed by atoms with Crippen LogP contribution in [0.4, 0.5) is 0 Å². The average Bonchev–Trinajstić information content (AvgIpc) is 3.44. The van der Waals surface area contributed by atoms with E-state index in [0.717, 1.165) is 0 Å². The van der Waals surface area contributed by atoms with Gasteiger partial charge in [-0.3, -0.25) is 0 Å². The molecule has 0 aliphatic heterocycles. The van der Waals surface area contributed by atoms with Crippen molar-refractivity contribution in [3.05, 3.63) is 181 Å². The predicted molar refractivity (Wildman–Crippen MR) is 229 cm³/mol. The Morgan fingerprint density at radius 2 is 0.736 bits per heavy atom. The second-order valence-corrected chi connectivity index (χ2v) is 15.5. The van der Waals surface area contributed by atoms with E-state index in [9.17, 15) is 0 Å². The highest BCUT2D eigenvalue weighted by Gasteiger charge is 2.37. The summed E-state index contributed by atoms with van der Waals surface area (Å²) in [5.74, 6) is 0. The van der Waals surface area contributed by atoms with E-state index in [0.29, 0.717) is 0 Å². The zero-order chi connectivity index (χ0) is 35.0. The Balaban J connectivity index is 1.22. The molecule has 0 spiro atoms. The topological polar surface area (TPSA) is 0 Å². The van der Waals surface area contributed by atoms with Crippen molar-refractivity contribution in [2.24, 2.45) is 0 Å². The SMILES string of the molecule is CC1(C)c2ccccc2-c2c1cc(-c1c3ccccc3c(-c3ccc4c5cccc6cccc(c7cccc3c74)c65)c3ccccc13)c1ccccc21. The minimum atomic E-state index is -0.109. The van der Waals surface area contributed by atoms with Crippen LogP contribution in [0.1, 0.15) is 25.0 Å². The van der Waals surface area contributed by atoms with Gasteiger partial charge in [-0.15, -0.1) is 0 Å². The fourth-order valence-corrected chi connectivity index (χ4v) is 10.3. The smallest absolute Gasteiger partial charge is 0.0159 e. The van der Waals surface area contributed by atoms with Gasteiger partial charge in [-0.2, -0.15) is 0 Å². The third kappa shape index (κ3) is 3.70. The van der Waals surface area contributed by atoms with Crippen molar-refractivity contribution in [1.82, 2.24) is 0 Å². The summed E-state index contributed by atoms with van der Waals surface area (Å²) in [4.78, 5) is 0. The lowest BCUT2D eigenvalue weighted by atomic mass is 9.78. The predicted octanol–water partition coefficient (Wildman–Crippen LogP) is 14.8. The van der Waals surface area contributed by atoms with Gasteiger partial charge in [0.1, 0.15) is 0 Å². The lowest BCUT2D eigenvalue weighted by Crippen LogP contribution is -2.15. The molecular formula is C53H34. The molecule has 0 fully saturated rings. The van der Waals surface area contributed by atoms with Crippen molar-refractivity contribution in [1.29, 1.82) is 0 Å². The largest absolute Gasteiger partial charge is 0.0619 e. The molecule has 0 heterocycles. The van der Waals surface area contributed by atoms with E-state index >= 15 is 0 Å². The lowest BCUT2D eigenvalue weighted by Gasteiger charge is -2.24. The molecule has 0 N–H and O–H groups in total. The molecule has 0 atom stereocenters. The Hall–Kier alpha value is -6.50. The first kappa shape index (κ1) is 29.1. The fraction of sp³-hybridized carbons (Fsp3) is 0.0566. The molecular weight excluding hydrogens is 637 g/mol. The molecule has 12 rings (SSSR count). The third-order valence-electron chi connectivity index (χ3n) is 12.6. The van der Waals surface area contributed by atoms with Crippen molar-refractivity contribution >= 4 is 75.4 Å². The molecule has 0 unspecified atom stereocenters. The summed E-state index contributed by atoms with van der Waals surface area (Å²) < 4.78 is 0. The van der Waals surface area contributed by atoms with Gasteiger partial charge >= 0.3 is 0 Å². The summed E-state index contributed by atoms with van der Waals surface area (Å²) in [6.07, 6.45) is 0. The van der Waals surface area contributed by atoms with Crippen LogP contribution in [0.2, 0.25) is 0 Å². The Morgan fingerprint density at radius 1 is 0.283 bits per heavy atom. The van der Waals surface area contributed by atoms with Gasteiger partial charge in [0.2, 0.25) is 0 Å². The van der Waals surface area contributed by atoms with Crippen molar-refractivity contribution in [3.8, 4) is 33.4 Å². The normalized spacial score (nSPS) is 13.6. The van der Waals surface area contributed by atoms with Crippen molar-refractivity contribution in [2.75, 3.05) is 0 Å². The first-order valence-corrected chi connectivity index (χ1v) is 18.8. The standard InChI is InChI=1S/C53H34/c1-53(2)46-27-10-9-22-44(46)52-33-17-4-3-16-32(33)45(30-47(52)53)51-38-20-7-5-18-36(38)49(37-19-6-8-21-39(37)51)43-29-28-42-35-24-12-15-31-14-11-23-34(48(31)35)40-25-13-26-41(43)50(40)42/h3-30H,1-2H3. The van der Waals surface area contributed by atoms with Gasteiger partial charge in [0.25, 0.3) is 0 Å². The van der Waals surface area contributed by atoms with Gasteiger partial charge in [-0.05, 0) is 126 Å². The number of hydrogen-bond donors (Lipinski definition) is 0. The van der Waals surface area contributed by atoms with Gasteiger partial charge in [0.05, 0.1) is 0 Å². The molecule has 0 saturated heterocycles. The van der Waals surface area contributed by atoms with E-state index in [-0.39, 0.29) is 5.41 Å². The highest BCUT2D eigenvalue weighted by Crippen LogP contribution is 2.55. The van der Waals surface area contributed by atoms with Crippen LogP contribution in [0, 0.1) is 0 Å². The molecule has 0 heteroatoms. The van der Waals surface area contributed by atoms with Crippen LogP contribution in [0.5, 0.6) is 0 Å². The Labute approximate surface area is 307 Å². The van der Waals surface area contributed by atoms with E-state index in [1.54, 1.807) is 0 Å². The third-order valence-corrected chi connectivity index (χ3v) is 12.6. The van der Waals surface area contributed by atoms with Gasteiger partial charge < -0.3 is 0 Å². The zero-order valence-corrected chi connectivity index (χ0v) is 29.7. The second kappa shape index (κ2) is 10.3. The fourth-order valence-electron chi connectivity index (χ4n) is 10.3. The average molecular weight is 671 g/mol.